The number of carbonyl (C=O) groups is 2. The number of H-pyrrole nitrogens is 1. The summed E-state index contributed by atoms with van der Waals surface area (Å²) >= 11 is 0. The molecule has 0 saturated carbocycles. The van der Waals surface area contributed by atoms with E-state index in [9.17, 15) is 24.3 Å². The van der Waals surface area contributed by atoms with E-state index in [-0.39, 0.29) is 46.2 Å². The van der Waals surface area contributed by atoms with Gasteiger partial charge < -0.3 is 26.0 Å². The molecule has 11 heteroatoms. The fourth-order valence-corrected chi connectivity index (χ4v) is 3.81. The summed E-state index contributed by atoms with van der Waals surface area (Å²) in [6.45, 7) is 7.26. The van der Waals surface area contributed by atoms with Crippen LogP contribution in [0.5, 0.6) is 5.75 Å². The fraction of sp³-hybridized carbons (Fsp3) is 0.333. The largest absolute Gasteiger partial charge is 0.505 e. The third kappa shape index (κ3) is 6.05. The minimum Gasteiger partial charge on any atom is -0.505 e. The first-order valence-electron chi connectivity index (χ1n) is 12.2. The number of anilines is 3. The number of carbonyl (C=O) groups excluding carboxylic acids is 2. The summed E-state index contributed by atoms with van der Waals surface area (Å²) in [5.41, 5.74) is -1.24. The maximum absolute atomic E-state index is 13.7. The molecule has 0 saturated heterocycles. The summed E-state index contributed by atoms with van der Waals surface area (Å²) in [5, 5.41) is 22.1. The Morgan fingerprint density at radius 3 is 2.18 bits per heavy atom. The quantitative estimate of drug-likeness (QED) is 0.271. The van der Waals surface area contributed by atoms with Crippen LogP contribution in [-0.4, -0.2) is 57.8 Å². The third-order valence-electron chi connectivity index (χ3n) is 5.73. The van der Waals surface area contributed by atoms with Crippen molar-refractivity contribution in [3.8, 4) is 11.4 Å². The number of para-hydroxylation sites is 2. The van der Waals surface area contributed by atoms with E-state index in [1.165, 1.54) is 17.0 Å². The smallest absolute Gasteiger partial charge is 0.295 e. The van der Waals surface area contributed by atoms with Crippen molar-refractivity contribution in [1.82, 2.24) is 20.0 Å². The minimum atomic E-state index is -0.846. The normalized spacial score (nSPS) is 11.8. The van der Waals surface area contributed by atoms with Crippen LogP contribution in [0.1, 0.15) is 38.1 Å². The highest BCUT2D eigenvalue weighted by Gasteiger charge is 2.27. The summed E-state index contributed by atoms with van der Waals surface area (Å²) in [7, 11) is 3.10. The van der Waals surface area contributed by atoms with Crippen LogP contribution in [0, 0.1) is 5.92 Å². The van der Waals surface area contributed by atoms with Gasteiger partial charge in [0.25, 0.3) is 17.0 Å². The monoisotopic (exact) mass is 522 g/mol. The van der Waals surface area contributed by atoms with Crippen LogP contribution in [-0.2, 0) is 4.79 Å². The molecule has 1 aromatic heterocycles. The molecule has 0 fully saturated rings. The third-order valence-corrected chi connectivity index (χ3v) is 5.73. The number of nitrogens with zero attached hydrogens (tertiary/aromatic N) is 2. The first kappa shape index (κ1) is 28.0. The molecule has 0 bridgehead atoms. The molecule has 5 N–H and O–H groups in total. The number of hydrogen-bond acceptors (Lipinski definition) is 7. The number of hydrogen-bond donors (Lipinski definition) is 5. The zero-order chi connectivity index (χ0) is 28.1. The lowest BCUT2D eigenvalue weighted by Gasteiger charge is -2.25. The van der Waals surface area contributed by atoms with Crippen molar-refractivity contribution in [2.75, 3.05) is 24.7 Å². The van der Waals surface area contributed by atoms with Crippen molar-refractivity contribution in [2.45, 2.75) is 39.8 Å². The lowest BCUT2D eigenvalue weighted by atomic mass is 10.0. The van der Waals surface area contributed by atoms with E-state index in [4.69, 9.17) is 0 Å². The molecular formula is C27H34N6O5. The molecule has 0 aliphatic heterocycles. The highest BCUT2D eigenvalue weighted by Crippen LogP contribution is 2.31. The molecule has 0 spiro atoms. The average molecular weight is 523 g/mol. The number of nitrogens with one attached hydrogen (secondary N) is 4. The number of rotatable bonds is 9. The summed E-state index contributed by atoms with van der Waals surface area (Å²) in [6, 6.07) is 12.0. The molecule has 1 heterocycles. The van der Waals surface area contributed by atoms with Crippen LogP contribution in [0.3, 0.4) is 0 Å². The van der Waals surface area contributed by atoms with E-state index in [0.717, 1.165) is 4.68 Å². The number of aromatic hydroxyl groups is 1. The van der Waals surface area contributed by atoms with E-state index < -0.39 is 23.1 Å². The van der Waals surface area contributed by atoms with Crippen molar-refractivity contribution in [3.05, 3.63) is 74.8 Å². The van der Waals surface area contributed by atoms with Gasteiger partial charge in [-0.05, 0) is 44.0 Å². The number of amides is 2. The van der Waals surface area contributed by atoms with Gasteiger partial charge in [0.15, 0.2) is 5.75 Å². The standard InChI is InChI=1S/C27H34N6O5/c1-15(2)20(24(35)28-16(3)4)30-21-22(27(38)33(31-25(21)36)17-11-8-7-9-12-17)29-19-14-10-13-18(23(19)34)26(37)32(5)6/h7-16,20,29-30,34H,1-6H3,(H,28,35)(H,31,36). The number of phenolic OH excluding ortho intramolecular Hbond substituents is 1. The number of aromatic amines is 1. The molecule has 202 valence electrons. The summed E-state index contributed by atoms with van der Waals surface area (Å²) in [5.74, 6) is -1.41. The van der Waals surface area contributed by atoms with E-state index in [1.54, 1.807) is 50.5 Å². The van der Waals surface area contributed by atoms with Crippen LogP contribution in [0.2, 0.25) is 0 Å². The molecule has 3 rings (SSSR count). The second-order valence-corrected chi connectivity index (χ2v) is 9.72. The molecule has 11 nitrogen and oxygen atoms in total. The summed E-state index contributed by atoms with van der Waals surface area (Å²) in [4.78, 5) is 53.8. The molecule has 2 amide bonds. The second kappa shape index (κ2) is 11.7. The zero-order valence-corrected chi connectivity index (χ0v) is 22.3. The van der Waals surface area contributed by atoms with Gasteiger partial charge in [0, 0.05) is 20.1 Å². The predicted octanol–water partition coefficient (Wildman–Crippen LogP) is 2.64. The Bertz CT molecular complexity index is 1430. The maximum Gasteiger partial charge on any atom is 0.295 e. The van der Waals surface area contributed by atoms with Crippen LogP contribution < -0.4 is 27.1 Å². The van der Waals surface area contributed by atoms with E-state index in [2.05, 4.69) is 21.0 Å². The fourth-order valence-electron chi connectivity index (χ4n) is 3.81. The van der Waals surface area contributed by atoms with Crippen LogP contribution in [0.4, 0.5) is 17.1 Å². The van der Waals surface area contributed by atoms with Gasteiger partial charge in [-0.2, -0.15) is 0 Å². The number of phenols is 1. The Morgan fingerprint density at radius 2 is 1.61 bits per heavy atom. The van der Waals surface area contributed by atoms with Crippen molar-refractivity contribution in [3.63, 3.8) is 0 Å². The Balaban J connectivity index is 2.21. The SMILES string of the molecule is CC(C)NC(=O)C(Nc1c(Nc2cccc(C(=O)N(C)C)c2O)c(=O)n(-c2ccccc2)[nH]c1=O)C(C)C. The second-order valence-electron chi connectivity index (χ2n) is 9.72. The topological polar surface area (TPSA) is 149 Å². The first-order chi connectivity index (χ1) is 17.9. The van der Waals surface area contributed by atoms with Crippen LogP contribution >= 0.6 is 0 Å². The molecule has 1 unspecified atom stereocenters. The van der Waals surface area contributed by atoms with Gasteiger partial charge in [0.1, 0.15) is 17.4 Å². The number of aromatic nitrogens is 2. The van der Waals surface area contributed by atoms with E-state index in [1.807, 2.05) is 27.7 Å². The van der Waals surface area contributed by atoms with E-state index >= 15 is 0 Å². The maximum atomic E-state index is 13.7. The summed E-state index contributed by atoms with van der Waals surface area (Å²) < 4.78 is 1.07. The molecule has 1 atom stereocenters. The number of benzene rings is 2. The Morgan fingerprint density at radius 1 is 0.947 bits per heavy atom. The molecule has 0 aliphatic rings. The first-order valence-corrected chi connectivity index (χ1v) is 12.2. The Labute approximate surface area is 220 Å². The van der Waals surface area contributed by atoms with Gasteiger partial charge in [-0.1, -0.05) is 38.1 Å². The minimum absolute atomic E-state index is 0.0131. The molecule has 0 aliphatic carbocycles. The van der Waals surface area contributed by atoms with Gasteiger partial charge >= 0.3 is 0 Å². The molecule has 38 heavy (non-hydrogen) atoms. The highest BCUT2D eigenvalue weighted by atomic mass is 16.3. The Hall–Kier alpha value is -4.54. The van der Waals surface area contributed by atoms with Gasteiger partial charge in [-0.25, -0.2) is 4.68 Å². The van der Waals surface area contributed by atoms with Crippen molar-refractivity contribution < 1.29 is 14.7 Å². The highest BCUT2D eigenvalue weighted by molar-refractivity contribution is 5.99. The van der Waals surface area contributed by atoms with Gasteiger partial charge in [-0.3, -0.25) is 24.3 Å². The molecule has 3 aromatic rings. The lowest BCUT2D eigenvalue weighted by Crippen LogP contribution is -2.47. The van der Waals surface area contributed by atoms with Gasteiger partial charge in [-0.15, -0.1) is 0 Å². The molecule has 0 radical (unpaired) electrons. The molecule has 2 aromatic carbocycles. The van der Waals surface area contributed by atoms with Crippen molar-refractivity contribution >= 4 is 28.9 Å². The summed E-state index contributed by atoms with van der Waals surface area (Å²) in [6.07, 6.45) is 0. The van der Waals surface area contributed by atoms with Gasteiger partial charge in [0.2, 0.25) is 5.91 Å². The lowest BCUT2D eigenvalue weighted by molar-refractivity contribution is -0.123. The van der Waals surface area contributed by atoms with E-state index in [0.29, 0.717) is 5.69 Å². The van der Waals surface area contributed by atoms with Gasteiger partial charge in [0.05, 0.1) is 16.9 Å². The van der Waals surface area contributed by atoms with Crippen LogP contribution in [0.25, 0.3) is 5.69 Å². The predicted molar refractivity (Wildman–Crippen MR) is 148 cm³/mol. The molecular weight excluding hydrogens is 488 g/mol. The Kier molecular flexibility index (Phi) is 8.61. The zero-order valence-electron chi connectivity index (χ0n) is 22.3. The van der Waals surface area contributed by atoms with Crippen molar-refractivity contribution in [1.29, 1.82) is 0 Å². The average Bonchev–Trinajstić information content (AvgIpc) is 2.86. The van der Waals surface area contributed by atoms with Crippen LogP contribution in [0.15, 0.2) is 58.1 Å². The van der Waals surface area contributed by atoms with Crippen molar-refractivity contribution in [2.24, 2.45) is 5.92 Å².